The Balaban J connectivity index is 0.000000517. The maximum absolute atomic E-state index is 13.1. The maximum Gasteiger partial charge on any atom is 0.490 e. The molecule has 0 atom stereocenters. The first-order valence-corrected chi connectivity index (χ1v) is 12.0. The van der Waals surface area contributed by atoms with Gasteiger partial charge in [0, 0.05) is 30.7 Å². The Morgan fingerprint density at radius 1 is 0.929 bits per heavy atom. The highest BCUT2D eigenvalue weighted by molar-refractivity contribution is 6.02. The number of rotatable bonds is 6. The standard InChI is InChI=1S/C26H19F3N4O2.C2HF3O2/c27-26(28,29)20-4-1-18(2-5-20)19-3-6-21-13-22(24(33(21)14-19)23-15-35-16-32-23)25(34)31-12-9-17-7-10-30-11-8-17;3-2(4,5)1(6)7/h1-8,10-11,13-16H,9,12H2,(H,31,34);(H,6,7). The van der Waals surface area contributed by atoms with Gasteiger partial charge in [-0.15, -0.1) is 0 Å². The van der Waals surface area contributed by atoms with E-state index in [9.17, 15) is 31.1 Å². The summed E-state index contributed by atoms with van der Waals surface area (Å²) < 4.78 is 77.5. The molecule has 0 aliphatic heterocycles. The number of nitrogens with zero attached hydrogens (tertiary/aromatic N) is 3. The minimum atomic E-state index is -5.08. The molecule has 0 fully saturated rings. The zero-order chi connectivity index (χ0) is 30.5. The number of alkyl halides is 6. The van der Waals surface area contributed by atoms with Crippen LogP contribution in [0.3, 0.4) is 0 Å². The Morgan fingerprint density at radius 2 is 1.57 bits per heavy atom. The third-order valence-electron chi connectivity index (χ3n) is 5.92. The Morgan fingerprint density at radius 3 is 2.14 bits per heavy atom. The molecule has 0 bridgehead atoms. The number of oxazole rings is 1. The Bertz CT molecular complexity index is 1660. The third-order valence-corrected chi connectivity index (χ3v) is 5.92. The molecule has 2 N–H and O–H groups in total. The number of halogens is 6. The molecule has 5 aromatic rings. The molecule has 14 heteroatoms. The molecule has 4 heterocycles. The number of benzene rings is 1. The molecular weight excluding hydrogens is 570 g/mol. The lowest BCUT2D eigenvalue weighted by Crippen LogP contribution is -2.26. The Kier molecular flexibility index (Phi) is 8.64. The van der Waals surface area contributed by atoms with Gasteiger partial charge in [-0.3, -0.25) is 9.78 Å². The monoisotopic (exact) mass is 590 g/mol. The smallest absolute Gasteiger partial charge is 0.475 e. The minimum absolute atomic E-state index is 0.267. The molecule has 0 saturated heterocycles. The van der Waals surface area contributed by atoms with Crippen molar-refractivity contribution in [2.75, 3.05) is 6.54 Å². The van der Waals surface area contributed by atoms with Crippen molar-refractivity contribution in [3.05, 3.63) is 103 Å². The Labute approximate surface area is 233 Å². The highest BCUT2D eigenvalue weighted by Gasteiger charge is 2.38. The van der Waals surface area contributed by atoms with Crippen molar-refractivity contribution in [1.82, 2.24) is 19.7 Å². The number of aliphatic carboxylic acids is 1. The Hall–Kier alpha value is -5.14. The van der Waals surface area contributed by atoms with Gasteiger partial charge in [-0.25, -0.2) is 9.78 Å². The number of fused-ring (bicyclic) bond motifs is 1. The van der Waals surface area contributed by atoms with Crippen molar-refractivity contribution in [3.8, 4) is 22.5 Å². The molecular formula is C28H20F6N4O4. The molecule has 0 radical (unpaired) electrons. The molecule has 42 heavy (non-hydrogen) atoms. The summed E-state index contributed by atoms with van der Waals surface area (Å²) in [4.78, 5) is 30.2. The lowest BCUT2D eigenvalue weighted by molar-refractivity contribution is -0.192. The molecule has 5 rings (SSSR count). The number of carboxylic acid groups (broad SMARTS) is 1. The summed E-state index contributed by atoms with van der Waals surface area (Å²) in [5.74, 6) is -3.02. The molecule has 0 spiro atoms. The molecule has 1 amide bonds. The van der Waals surface area contributed by atoms with Crippen LogP contribution in [0.4, 0.5) is 26.3 Å². The van der Waals surface area contributed by atoms with E-state index in [4.69, 9.17) is 14.3 Å². The van der Waals surface area contributed by atoms with Crippen molar-refractivity contribution in [1.29, 1.82) is 0 Å². The highest BCUT2D eigenvalue weighted by atomic mass is 19.4. The van der Waals surface area contributed by atoms with E-state index < -0.39 is 23.9 Å². The first-order valence-electron chi connectivity index (χ1n) is 12.0. The number of carboxylic acids is 1. The molecule has 8 nitrogen and oxygen atoms in total. The van der Waals surface area contributed by atoms with E-state index in [2.05, 4.69) is 15.3 Å². The zero-order valence-electron chi connectivity index (χ0n) is 21.3. The van der Waals surface area contributed by atoms with Gasteiger partial charge in [-0.2, -0.15) is 26.3 Å². The number of pyridine rings is 2. The van der Waals surface area contributed by atoms with Crippen LogP contribution in [0.25, 0.3) is 28.0 Å². The van der Waals surface area contributed by atoms with Crippen molar-refractivity contribution in [2.45, 2.75) is 18.8 Å². The first kappa shape index (κ1) is 29.8. The molecule has 1 aromatic carbocycles. The summed E-state index contributed by atoms with van der Waals surface area (Å²) in [6.45, 7) is 0.435. The van der Waals surface area contributed by atoms with E-state index in [0.29, 0.717) is 41.0 Å². The van der Waals surface area contributed by atoms with Gasteiger partial charge in [0.25, 0.3) is 5.91 Å². The number of hydrogen-bond donors (Lipinski definition) is 2. The quantitative estimate of drug-likeness (QED) is 0.225. The maximum atomic E-state index is 13.1. The SMILES string of the molecule is O=C(NCCc1ccncc1)c1cc2ccc(-c3ccc(C(F)(F)F)cc3)cn2c1-c1cocn1.O=C(O)C(F)(F)F. The molecule has 0 saturated carbocycles. The van der Waals surface area contributed by atoms with Gasteiger partial charge in [-0.05, 0) is 59.5 Å². The van der Waals surface area contributed by atoms with E-state index in [1.54, 1.807) is 35.1 Å². The van der Waals surface area contributed by atoms with Gasteiger partial charge >= 0.3 is 18.3 Å². The molecule has 218 valence electrons. The van der Waals surface area contributed by atoms with Crippen LogP contribution in [0.15, 0.2) is 90.3 Å². The predicted octanol–water partition coefficient (Wildman–Crippen LogP) is 6.28. The van der Waals surface area contributed by atoms with Crippen LogP contribution in [-0.4, -0.2) is 44.1 Å². The molecule has 0 unspecified atom stereocenters. The van der Waals surface area contributed by atoms with E-state index in [0.717, 1.165) is 23.2 Å². The lowest BCUT2D eigenvalue weighted by atomic mass is 10.1. The normalized spacial score (nSPS) is 11.6. The molecule has 0 aliphatic rings. The van der Waals surface area contributed by atoms with Crippen LogP contribution < -0.4 is 5.32 Å². The topological polar surface area (TPSA) is 110 Å². The van der Waals surface area contributed by atoms with Gasteiger partial charge < -0.3 is 19.2 Å². The van der Waals surface area contributed by atoms with E-state index in [1.165, 1.54) is 24.8 Å². The average molecular weight is 590 g/mol. The van der Waals surface area contributed by atoms with Gasteiger partial charge in [-0.1, -0.05) is 18.2 Å². The summed E-state index contributed by atoms with van der Waals surface area (Å²) >= 11 is 0. The zero-order valence-corrected chi connectivity index (χ0v) is 21.3. The number of hydrogen-bond acceptors (Lipinski definition) is 5. The minimum Gasteiger partial charge on any atom is -0.475 e. The van der Waals surface area contributed by atoms with Gasteiger partial charge in [0.2, 0.25) is 0 Å². The van der Waals surface area contributed by atoms with Crippen LogP contribution in [-0.2, 0) is 17.4 Å². The van der Waals surface area contributed by atoms with Gasteiger partial charge in [0.05, 0.1) is 16.8 Å². The second-order valence-electron chi connectivity index (χ2n) is 8.73. The summed E-state index contributed by atoms with van der Waals surface area (Å²) in [6.07, 6.45) is -0.930. The van der Waals surface area contributed by atoms with Crippen LogP contribution in [0.2, 0.25) is 0 Å². The number of aromatic nitrogens is 3. The lowest BCUT2D eigenvalue weighted by Gasteiger charge is -2.09. The summed E-state index contributed by atoms with van der Waals surface area (Å²) in [7, 11) is 0. The van der Waals surface area contributed by atoms with Crippen LogP contribution in [0.1, 0.15) is 21.5 Å². The summed E-state index contributed by atoms with van der Waals surface area (Å²) in [5.41, 5.74) is 3.80. The number of carbonyl (C=O) groups is 2. The van der Waals surface area contributed by atoms with Crippen molar-refractivity contribution < 1.29 is 45.5 Å². The van der Waals surface area contributed by atoms with E-state index in [-0.39, 0.29) is 5.91 Å². The fraction of sp³-hybridized carbons (Fsp3) is 0.143. The van der Waals surface area contributed by atoms with Crippen molar-refractivity contribution in [3.63, 3.8) is 0 Å². The van der Waals surface area contributed by atoms with Crippen molar-refractivity contribution >= 4 is 17.4 Å². The highest BCUT2D eigenvalue weighted by Crippen LogP contribution is 2.33. The first-order chi connectivity index (χ1) is 19.8. The molecule has 4 aromatic heterocycles. The fourth-order valence-corrected chi connectivity index (χ4v) is 3.92. The number of amides is 1. The van der Waals surface area contributed by atoms with Crippen molar-refractivity contribution in [2.24, 2.45) is 0 Å². The van der Waals surface area contributed by atoms with Crippen LogP contribution in [0, 0.1) is 0 Å². The fourth-order valence-electron chi connectivity index (χ4n) is 3.92. The molecule has 0 aliphatic carbocycles. The second-order valence-corrected chi connectivity index (χ2v) is 8.73. The van der Waals surface area contributed by atoms with Crippen LogP contribution in [0.5, 0.6) is 0 Å². The number of nitrogens with one attached hydrogen (secondary N) is 1. The van der Waals surface area contributed by atoms with Gasteiger partial charge in [0.1, 0.15) is 12.0 Å². The summed E-state index contributed by atoms with van der Waals surface area (Å²) in [5, 5.41) is 10.1. The number of carbonyl (C=O) groups excluding carboxylic acids is 1. The largest absolute Gasteiger partial charge is 0.490 e. The third kappa shape index (κ3) is 7.13. The average Bonchev–Trinajstić information content (AvgIpc) is 3.60. The van der Waals surface area contributed by atoms with Crippen LogP contribution >= 0.6 is 0 Å². The summed E-state index contributed by atoms with van der Waals surface area (Å²) in [6, 6.07) is 14.1. The van der Waals surface area contributed by atoms with E-state index in [1.807, 2.05) is 18.2 Å². The van der Waals surface area contributed by atoms with Gasteiger partial charge in [0.15, 0.2) is 6.39 Å². The second kappa shape index (κ2) is 12.2. The van der Waals surface area contributed by atoms with E-state index >= 15 is 0 Å². The predicted molar refractivity (Wildman–Crippen MR) is 137 cm³/mol.